The third kappa shape index (κ3) is 6.35. The first kappa shape index (κ1) is 17.4. The third-order valence-electron chi connectivity index (χ3n) is 3.76. The SMILES string of the molecule is CCc1ccc(CN(C/C=C/c2ccccc2)CCOC)nc1. The van der Waals surface area contributed by atoms with Crippen molar-refractivity contribution in [2.24, 2.45) is 0 Å². The smallest absolute Gasteiger partial charge is 0.0589 e. The topological polar surface area (TPSA) is 25.4 Å². The fourth-order valence-electron chi connectivity index (χ4n) is 2.34. The minimum Gasteiger partial charge on any atom is -0.383 e. The molecule has 0 unspecified atom stereocenters. The van der Waals surface area contributed by atoms with Gasteiger partial charge in [0.25, 0.3) is 0 Å². The highest BCUT2D eigenvalue weighted by atomic mass is 16.5. The molecule has 0 saturated heterocycles. The van der Waals surface area contributed by atoms with Crippen LogP contribution in [0.1, 0.15) is 23.7 Å². The first-order chi connectivity index (χ1) is 11.3. The highest BCUT2D eigenvalue weighted by molar-refractivity contribution is 5.48. The molecule has 0 atom stereocenters. The standard InChI is InChI=1S/C20H26N2O/c1-3-18-11-12-20(21-16-18)17-22(14-15-23-2)13-7-10-19-8-5-4-6-9-19/h4-12,16H,3,13-15,17H2,1-2H3/b10-7+. The number of ether oxygens (including phenoxy) is 1. The highest BCUT2D eigenvalue weighted by Gasteiger charge is 2.05. The second-order valence-corrected chi connectivity index (χ2v) is 5.55. The van der Waals surface area contributed by atoms with Crippen LogP contribution in [0.25, 0.3) is 6.08 Å². The van der Waals surface area contributed by atoms with Gasteiger partial charge in [-0.2, -0.15) is 0 Å². The summed E-state index contributed by atoms with van der Waals surface area (Å²) in [7, 11) is 1.74. The zero-order valence-corrected chi connectivity index (χ0v) is 14.1. The van der Waals surface area contributed by atoms with E-state index in [4.69, 9.17) is 4.74 Å². The lowest BCUT2D eigenvalue weighted by atomic mass is 10.2. The van der Waals surface area contributed by atoms with Crippen molar-refractivity contribution < 1.29 is 4.74 Å². The van der Waals surface area contributed by atoms with E-state index >= 15 is 0 Å². The number of hydrogen-bond acceptors (Lipinski definition) is 3. The first-order valence-corrected chi connectivity index (χ1v) is 8.18. The molecule has 1 aromatic heterocycles. The minimum absolute atomic E-state index is 0.728. The quantitative estimate of drug-likeness (QED) is 0.704. The Morgan fingerprint density at radius 2 is 1.96 bits per heavy atom. The van der Waals surface area contributed by atoms with E-state index in [-0.39, 0.29) is 0 Å². The van der Waals surface area contributed by atoms with E-state index < -0.39 is 0 Å². The van der Waals surface area contributed by atoms with Crippen LogP contribution in [0.5, 0.6) is 0 Å². The molecule has 0 bridgehead atoms. The molecule has 1 aromatic carbocycles. The molecule has 122 valence electrons. The average molecular weight is 310 g/mol. The minimum atomic E-state index is 0.728. The monoisotopic (exact) mass is 310 g/mol. The maximum Gasteiger partial charge on any atom is 0.0589 e. The van der Waals surface area contributed by atoms with Crippen molar-refractivity contribution in [2.75, 3.05) is 26.8 Å². The number of rotatable bonds is 9. The van der Waals surface area contributed by atoms with Gasteiger partial charge in [-0.05, 0) is 23.6 Å². The van der Waals surface area contributed by atoms with Crippen LogP contribution in [-0.4, -0.2) is 36.7 Å². The molecule has 3 nitrogen and oxygen atoms in total. The zero-order chi connectivity index (χ0) is 16.3. The van der Waals surface area contributed by atoms with Crippen LogP contribution < -0.4 is 0 Å². The van der Waals surface area contributed by atoms with Gasteiger partial charge in [0.15, 0.2) is 0 Å². The number of hydrogen-bond donors (Lipinski definition) is 0. The predicted molar refractivity (Wildman–Crippen MR) is 96.2 cm³/mol. The summed E-state index contributed by atoms with van der Waals surface area (Å²) in [5.41, 5.74) is 3.61. The summed E-state index contributed by atoms with van der Waals surface area (Å²) in [6.45, 7) is 5.50. The van der Waals surface area contributed by atoms with E-state index in [1.165, 1.54) is 11.1 Å². The lowest BCUT2D eigenvalue weighted by molar-refractivity contribution is 0.150. The van der Waals surface area contributed by atoms with Gasteiger partial charge in [-0.15, -0.1) is 0 Å². The van der Waals surface area contributed by atoms with Gasteiger partial charge in [0.05, 0.1) is 12.3 Å². The summed E-state index contributed by atoms with van der Waals surface area (Å²) in [5.74, 6) is 0. The van der Waals surface area contributed by atoms with Gasteiger partial charge in [-0.1, -0.05) is 55.5 Å². The lowest BCUT2D eigenvalue weighted by Gasteiger charge is -2.20. The Morgan fingerprint density at radius 3 is 2.61 bits per heavy atom. The first-order valence-electron chi connectivity index (χ1n) is 8.18. The maximum absolute atomic E-state index is 5.22. The number of aryl methyl sites for hydroxylation is 1. The van der Waals surface area contributed by atoms with Gasteiger partial charge >= 0.3 is 0 Å². The van der Waals surface area contributed by atoms with Crippen LogP contribution in [-0.2, 0) is 17.7 Å². The largest absolute Gasteiger partial charge is 0.383 e. The summed E-state index contributed by atoms with van der Waals surface area (Å²) in [5, 5.41) is 0. The molecule has 0 saturated carbocycles. The summed E-state index contributed by atoms with van der Waals surface area (Å²) >= 11 is 0. The van der Waals surface area contributed by atoms with E-state index in [0.717, 1.165) is 38.4 Å². The Labute approximate surface area is 139 Å². The molecule has 0 aliphatic rings. The van der Waals surface area contributed by atoms with E-state index in [9.17, 15) is 0 Å². The zero-order valence-electron chi connectivity index (χ0n) is 14.1. The molecule has 0 spiro atoms. The van der Waals surface area contributed by atoms with Crippen molar-refractivity contribution in [3.05, 3.63) is 71.6 Å². The molecular weight excluding hydrogens is 284 g/mol. The van der Waals surface area contributed by atoms with Crippen LogP contribution in [0.15, 0.2) is 54.7 Å². The number of nitrogens with zero attached hydrogens (tertiary/aromatic N) is 2. The predicted octanol–water partition coefficient (Wildman–Crippen LogP) is 3.81. The van der Waals surface area contributed by atoms with Crippen LogP contribution in [0.2, 0.25) is 0 Å². The molecule has 0 radical (unpaired) electrons. The molecule has 2 aromatic rings. The number of methoxy groups -OCH3 is 1. The van der Waals surface area contributed by atoms with E-state index in [0.29, 0.717) is 0 Å². The van der Waals surface area contributed by atoms with Crippen LogP contribution in [0.3, 0.4) is 0 Å². The molecule has 3 heteroatoms. The lowest BCUT2D eigenvalue weighted by Crippen LogP contribution is -2.27. The van der Waals surface area contributed by atoms with Crippen LogP contribution >= 0.6 is 0 Å². The molecule has 2 rings (SSSR count). The molecule has 0 aliphatic carbocycles. The normalized spacial score (nSPS) is 11.4. The fourth-order valence-corrected chi connectivity index (χ4v) is 2.34. The number of pyridine rings is 1. The Kier molecular flexibility index (Phi) is 7.50. The second kappa shape index (κ2) is 9.93. The van der Waals surface area contributed by atoms with Crippen molar-refractivity contribution >= 4 is 6.08 Å². The van der Waals surface area contributed by atoms with Crippen LogP contribution in [0, 0.1) is 0 Å². The van der Waals surface area contributed by atoms with Crippen molar-refractivity contribution in [1.29, 1.82) is 0 Å². The molecule has 0 N–H and O–H groups in total. The molecule has 0 aliphatic heterocycles. The van der Waals surface area contributed by atoms with Gasteiger partial charge in [-0.25, -0.2) is 0 Å². The molecule has 0 fully saturated rings. The van der Waals surface area contributed by atoms with E-state index in [1.807, 2.05) is 12.3 Å². The Balaban J connectivity index is 1.94. The summed E-state index contributed by atoms with van der Waals surface area (Å²) in [6.07, 6.45) is 7.36. The van der Waals surface area contributed by atoms with Gasteiger partial charge in [-0.3, -0.25) is 9.88 Å². The summed E-state index contributed by atoms with van der Waals surface area (Å²) in [6, 6.07) is 14.7. The van der Waals surface area contributed by atoms with Gasteiger partial charge < -0.3 is 4.74 Å². The molecule has 0 amide bonds. The van der Waals surface area contributed by atoms with Gasteiger partial charge in [0.2, 0.25) is 0 Å². The van der Waals surface area contributed by atoms with Crippen molar-refractivity contribution in [1.82, 2.24) is 9.88 Å². The van der Waals surface area contributed by atoms with E-state index in [1.54, 1.807) is 7.11 Å². The Bertz CT molecular complexity index is 578. The summed E-state index contributed by atoms with van der Waals surface area (Å²) in [4.78, 5) is 6.90. The Morgan fingerprint density at radius 1 is 1.13 bits per heavy atom. The van der Waals surface area contributed by atoms with E-state index in [2.05, 4.69) is 65.4 Å². The fraction of sp³-hybridized carbons (Fsp3) is 0.350. The van der Waals surface area contributed by atoms with Crippen LogP contribution in [0.4, 0.5) is 0 Å². The summed E-state index contributed by atoms with van der Waals surface area (Å²) < 4.78 is 5.22. The highest BCUT2D eigenvalue weighted by Crippen LogP contribution is 2.06. The van der Waals surface area contributed by atoms with Crippen molar-refractivity contribution in [2.45, 2.75) is 19.9 Å². The van der Waals surface area contributed by atoms with Crippen molar-refractivity contribution in [3.8, 4) is 0 Å². The van der Waals surface area contributed by atoms with Gasteiger partial charge in [0, 0.05) is 32.9 Å². The maximum atomic E-state index is 5.22. The number of benzene rings is 1. The average Bonchev–Trinajstić information content (AvgIpc) is 2.61. The number of aromatic nitrogens is 1. The molecular formula is C20H26N2O. The van der Waals surface area contributed by atoms with Crippen molar-refractivity contribution in [3.63, 3.8) is 0 Å². The molecule has 1 heterocycles. The van der Waals surface area contributed by atoms with Gasteiger partial charge in [0.1, 0.15) is 0 Å². The second-order valence-electron chi connectivity index (χ2n) is 5.55. The Hall–Kier alpha value is -1.97. The molecule has 23 heavy (non-hydrogen) atoms. The third-order valence-corrected chi connectivity index (χ3v) is 3.76.